The Labute approximate surface area is 200 Å². The summed E-state index contributed by atoms with van der Waals surface area (Å²) in [6, 6.07) is 9.16. The molecule has 9 heteroatoms. The highest BCUT2D eigenvalue weighted by molar-refractivity contribution is 7.13. The molecule has 2 aliphatic rings. The van der Waals surface area contributed by atoms with E-state index in [2.05, 4.69) is 10.3 Å². The van der Waals surface area contributed by atoms with Gasteiger partial charge in [-0.05, 0) is 25.1 Å². The summed E-state index contributed by atoms with van der Waals surface area (Å²) in [4.78, 5) is 32.6. The van der Waals surface area contributed by atoms with Crippen molar-refractivity contribution in [3.05, 3.63) is 87.0 Å². The number of benzene rings is 1. The molecular formula is C25H25FN4O3S. The number of nitrogens with zero attached hydrogens (tertiary/aromatic N) is 3. The van der Waals surface area contributed by atoms with E-state index in [1.54, 1.807) is 46.5 Å². The summed E-state index contributed by atoms with van der Waals surface area (Å²) in [5.74, 6) is -1.25. The molecule has 1 fully saturated rings. The third-order valence-electron chi connectivity index (χ3n) is 6.81. The van der Waals surface area contributed by atoms with E-state index >= 15 is 0 Å². The molecule has 3 aromatic rings. The number of carbonyl (C=O) groups is 1. The van der Waals surface area contributed by atoms with Crippen molar-refractivity contribution in [2.45, 2.75) is 32.1 Å². The van der Waals surface area contributed by atoms with Crippen molar-refractivity contribution < 1.29 is 14.3 Å². The Balaban J connectivity index is 1.59. The second-order valence-electron chi connectivity index (χ2n) is 8.62. The van der Waals surface area contributed by atoms with Crippen LogP contribution in [-0.2, 0) is 17.9 Å². The number of rotatable bonds is 6. The van der Waals surface area contributed by atoms with E-state index in [1.807, 2.05) is 24.0 Å². The van der Waals surface area contributed by atoms with Crippen LogP contribution >= 0.6 is 11.3 Å². The SMILES string of the molecule is C/C=C\c1ccc2n(c1=O)C[C@H]1[C@H](CO)[C@@H](C(=O)Nc3nccs3)N(Cc3ccccc3F)[C@@H]21. The van der Waals surface area contributed by atoms with E-state index < -0.39 is 12.0 Å². The number of allylic oxidation sites excluding steroid dienone is 1. The van der Waals surface area contributed by atoms with Gasteiger partial charge in [0.25, 0.3) is 5.56 Å². The van der Waals surface area contributed by atoms with Crippen molar-refractivity contribution in [2.24, 2.45) is 11.8 Å². The maximum Gasteiger partial charge on any atom is 0.258 e. The van der Waals surface area contributed by atoms with Gasteiger partial charge in [0.1, 0.15) is 5.82 Å². The molecule has 2 N–H and O–H groups in total. The summed E-state index contributed by atoms with van der Waals surface area (Å²) in [7, 11) is 0. The van der Waals surface area contributed by atoms with Gasteiger partial charge in [0, 0.05) is 59.9 Å². The van der Waals surface area contributed by atoms with Crippen molar-refractivity contribution in [1.82, 2.24) is 14.5 Å². The van der Waals surface area contributed by atoms with Gasteiger partial charge in [-0.25, -0.2) is 9.37 Å². The van der Waals surface area contributed by atoms with Crippen molar-refractivity contribution in [2.75, 3.05) is 11.9 Å². The van der Waals surface area contributed by atoms with Crippen LogP contribution in [0, 0.1) is 17.7 Å². The molecule has 2 aromatic heterocycles. The quantitative estimate of drug-likeness (QED) is 0.566. The normalized spacial score (nSPS) is 23.9. The Morgan fingerprint density at radius 3 is 2.85 bits per heavy atom. The van der Waals surface area contributed by atoms with Crippen molar-refractivity contribution >= 4 is 28.5 Å². The molecule has 1 aromatic carbocycles. The minimum Gasteiger partial charge on any atom is -0.396 e. The van der Waals surface area contributed by atoms with Gasteiger partial charge in [0.2, 0.25) is 5.91 Å². The summed E-state index contributed by atoms with van der Waals surface area (Å²) in [6.07, 6.45) is 5.20. The van der Waals surface area contributed by atoms with E-state index in [4.69, 9.17) is 0 Å². The highest BCUT2D eigenvalue weighted by Crippen LogP contribution is 2.50. The lowest BCUT2D eigenvalue weighted by Crippen LogP contribution is -2.45. The maximum atomic E-state index is 14.6. The third-order valence-corrected chi connectivity index (χ3v) is 7.50. The monoisotopic (exact) mass is 480 g/mol. The number of pyridine rings is 1. The number of likely N-dealkylation sites (tertiary alicyclic amines) is 1. The molecular weight excluding hydrogens is 455 g/mol. The lowest BCUT2D eigenvalue weighted by molar-refractivity contribution is -0.122. The van der Waals surface area contributed by atoms with Gasteiger partial charge in [-0.15, -0.1) is 11.3 Å². The standard InChI is InChI=1S/C25H25FN4O3S/c1-2-5-15-8-9-20-21-17(13-29(20)24(15)33)18(14-31)22(23(32)28-25-27-10-11-34-25)30(21)12-16-6-3-4-7-19(16)26/h2-11,17-18,21-22,31H,12-14H2,1H3,(H,27,28,32)/b5-2-/t17-,18-,21+,22-/m0/s1. The van der Waals surface area contributed by atoms with Gasteiger partial charge in [-0.2, -0.15) is 0 Å². The molecule has 0 aliphatic carbocycles. The van der Waals surface area contributed by atoms with Crippen LogP contribution in [0.5, 0.6) is 0 Å². The number of aliphatic hydroxyl groups excluding tert-OH is 1. The fourth-order valence-electron chi connectivity index (χ4n) is 5.40. The Hall–Kier alpha value is -3.14. The van der Waals surface area contributed by atoms with Crippen LogP contribution in [0.3, 0.4) is 0 Å². The second kappa shape index (κ2) is 9.25. The molecule has 7 nitrogen and oxygen atoms in total. The number of halogens is 1. The summed E-state index contributed by atoms with van der Waals surface area (Å²) < 4.78 is 16.4. The maximum absolute atomic E-state index is 14.6. The Morgan fingerprint density at radius 2 is 2.15 bits per heavy atom. The number of hydrogen-bond acceptors (Lipinski definition) is 6. The minimum atomic E-state index is -0.706. The first-order chi connectivity index (χ1) is 16.5. The number of anilines is 1. The van der Waals surface area contributed by atoms with E-state index in [0.29, 0.717) is 22.8 Å². The highest BCUT2D eigenvalue weighted by atomic mass is 32.1. The van der Waals surface area contributed by atoms with E-state index in [-0.39, 0.29) is 42.4 Å². The molecule has 5 rings (SSSR count). The van der Waals surface area contributed by atoms with Gasteiger partial charge < -0.3 is 15.0 Å². The van der Waals surface area contributed by atoms with Crippen LogP contribution in [0.25, 0.3) is 6.08 Å². The summed E-state index contributed by atoms with van der Waals surface area (Å²) in [5.41, 5.74) is 1.72. The van der Waals surface area contributed by atoms with Gasteiger partial charge in [-0.3, -0.25) is 14.5 Å². The topological polar surface area (TPSA) is 87.5 Å². The number of thiazole rings is 1. The van der Waals surface area contributed by atoms with Crippen LogP contribution in [0.1, 0.15) is 29.8 Å². The first-order valence-corrected chi connectivity index (χ1v) is 12.1. The Bertz CT molecular complexity index is 1290. The molecule has 0 bridgehead atoms. The lowest BCUT2D eigenvalue weighted by Gasteiger charge is -2.30. The minimum absolute atomic E-state index is 0.101. The Kier molecular flexibility index (Phi) is 6.16. The molecule has 1 saturated heterocycles. The van der Waals surface area contributed by atoms with Gasteiger partial charge in [-0.1, -0.05) is 30.4 Å². The number of carbonyl (C=O) groups excluding carboxylic acids is 1. The number of hydrogen-bond donors (Lipinski definition) is 2. The molecule has 34 heavy (non-hydrogen) atoms. The molecule has 0 spiro atoms. The first-order valence-electron chi connectivity index (χ1n) is 11.2. The molecule has 4 heterocycles. The summed E-state index contributed by atoms with van der Waals surface area (Å²) in [6.45, 7) is 2.19. The molecule has 0 radical (unpaired) electrons. The van der Waals surface area contributed by atoms with E-state index in [0.717, 1.165) is 5.69 Å². The number of amides is 1. The van der Waals surface area contributed by atoms with Crippen LogP contribution in [0.2, 0.25) is 0 Å². The summed E-state index contributed by atoms with van der Waals surface area (Å²) in [5, 5.41) is 15.5. The number of aromatic nitrogens is 2. The van der Waals surface area contributed by atoms with Crippen LogP contribution in [0.4, 0.5) is 9.52 Å². The van der Waals surface area contributed by atoms with Crippen molar-refractivity contribution in [3.63, 3.8) is 0 Å². The molecule has 4 atom stereocenters. The predicted molar refractivity (Wildman–Crippen MR) is 129 cm³/mol. The van der Waals surface area contributed by atoms with Gasteiger partial charge in [0.05, 0.1) is 12.1 Å². The zero-order valence-corrected chi connectivity index (χ0v) is 19.4. The second-order valence-corrected chi connectivity index (χ2v) is 9.51. The predicted octanol–water partition coefficient (Wildman–Crippen LogP) is 3.28. The number of nitrogens with one attached hydrogen (secondary N) is 1. The molecule has 0 saturated carbocycles. The highest BCUT2D eigenvalue weighted by Gasteiger charge is 2.55. The lowest BCUT2D eigenvalue weighted by atomic mass is 9.88. The smallest absolute Gasteiger partial charge is 0.258 e. The van der Waals surface area contributed by atoms with Crippen molar-refractivity contribution in [3.8, 4) is 0 Å². The van der Waals surface area contributed by atoms with E-state index in [1.165, 1.54) is 17.4 Å². The van der Waals surface area contributed by atoms with Crippen LogP contribution < -0.4 is 10.9 Å². The van der Waals surface area contributed by atoms with Crippen LogP contribution in [0.15, 0.2) is 58.8 Å². The zero-order chi connectivity index (χ0) is 23.8. The average molecular weight is 481 g/mol. The van der Waals surface area contributed by atoms with Crippen LogP contribution in [-0.4, -0.2) is 38.1 Å². The van der Waals surface area contributed by atoms with Gasteiger partial charge >= 0.3 is 0 Å². The first kappa shape index (κ1) is 22.6. The Morgan fingerprint density at radius 1 is 1.32 bits per heavy atom. The molecule has 176 valence electrons. The molecule has 0 unspecified atom stereocenters. The van der Waals surface area contributed by atoms with Crippen molar-refractivity contribution in [1.29, 1.82) is 0 Å². The summed E-state index contributed by atoms with van der Waals surface area (Å²) >= 11 is 1.31. The fourth-order valence-corrected chi connectivity index (χ4v) is 5.93. The fraction of sp³-hybridized carbons (Fsp3) is 0.320. The molecule has 2 aliphatic heterocycles. The number of fused-ring (bicyclic) bond motifs is 3. The number of aliphatic hydroxyl groups is 1. The van der Waals surface area contributed by atoms with E-state index in [9.17, 15) is 19.1 Å². The largest absolute Gasteiger partial charge is 0.396 e. The zero-order valence-electron chi connectivity index (χ0n) is 18.6. The van der Waals surface area contributed by atoms with Gasteiger partial charge in [0.15, 0.2) is 5.13 Å². The molecule has 1 amide bonds. The third kappa shape index (κ3) is 3.79. The average Bonchev–Trinajstić information content (AvgIpc) is 3.53.